The van der Waals surface area contributed by atoms with E-state index in [-0.39, 0.29) is 197 Å². The van der Waals surface area contributed by atoms with Crippen LogP contribution in [-0.2, 0) is 115 Å². The molecular formula is C70H110N4O24. The van der Waals surface area contributed by atoms with Crippen molar-refractivity contribution >= 4 is 105 Å². The molecule has 0 saturated carbocycles. The molecule has 0 spiro atoms. The van der Waals surface area contributed by atoms with Gasteiger partial charge in [0.25, 0.3) is 0 Å². The summed E-state index contributed by atoms with van der Waals surface area (Å²) in [7, 11) is 1.52. The molecule has 0 heterocycles. The first-order valence-corrected chi connectivity index (χ1v) is 34.0. The average molecular weight is 1390 g/mol. The Labute approximate surface area is 576 Å². The topological polar surface area (TPSA) is 411 Å². The van der Waals surface area contributed by atoms with Gasteiger partial charge in [-0.15, -0.1) is 0 Å². The number of ether oxygens (including phenoxy) is 6. The molecule has 0 fully saturated rings. The molecule has 0 aliphatic heterocycles. The van der Waals surface area contributed by atoms with Crippen LogP contribution in [0, 0.1) is 35.5 Å². The first-order valence-electron chi connectivity index (χ1n) is 34.0. The minimum atomic E-state index is -1.48. The molecule has 98 heavy (non-hydrogen) atoms. The standard InChI is InChI=1S/C70H110N4O24/c1-11-94-34-36-98-44-66(88)61(70(92)72-29-31-95-33-32-93-10)23-27-67(89)71-28-30-96-35-37-97-43-60(85)40-57(69(91)74-63(65(87)42-56(52(9)82)19-15-48(5)78)25-22-59(84)39-54(50(7)80)17-13-46(3)76)20-26-68(90)73-62(64(86)41-55(51(8)81)18-14-47(4)77)24-21-58(83)38-53(49(6)79)16-12-45(2)75/h53-57,61-63H,11-44H2,1-10H3,(H,71,89)(H,72,92)(H,73,90)(H,74,91). The molecule has 0 aromatic heterocycles. The van der Waals surface area contributed by atoms with Gasteiger partial charge in [0.1, 0.15) is 71.0 Å². The first-order chi connectivity index (χ1) is 46.3. The van der Waals surface area contributed by atoms with Gasteiger partial charge in [-0.25, -0.2) is 0 Å². The van der Waals surface area contributed by atoms with Gasteiger partial charge in [-0.05, 0) is 114 Å². The van der Waals surface area contributed by atoms with Crippen molar-refractivity contribution in [3.05, 3.63) is 0 Å². The van der Waals surface area contributed by atoms with Crippen molar-refractivity contribution in [2.45, 2.75) is 209 Å². The van der Waals surface area contributed by atoms with Gasteiger partial charge in [-0.1, -0.05) is 0 Å². The third-order valence-electron chi connectivity index (χ3n) is 16.3. The zero-order valence-corrected chi connectivity index (χ0v) is 59.5. The van der Waals surface area contributed by atoms with E-state index in [0.717, 1.165) is 0 Å². The molecule has 0 rings (SSSR count). The van der Waals surface area contributed by atoms with Gasteiger partial charge < -0.3 is 68.9 Å². The molecule has 4 amide bonds. The largest absolute Gasteiger partial charge is 0.382 e. The van der Waals surface area contributed by atoms with E-state index < -0.39 is 156 Å². The van der Waals surface area contributed by atoms with E-state index >= 15 is 0 Å². The predicted octanol–water partition coefficient (Wildman–Crippen LogP) is 3.95. The first kappa shape index (κ1) is 91.0. The van der Waals surface area contributed by atoms with Crippen molar-refractivity contribution in [3.8, 4) is 0 Å². The van der Waals surface area contributed by atoms with Crippen LogP contribution in [0.4, 0.5) is 0 Å². The fourth-order valence-electron chi connectivity index (χ4n) is 10.2. The van der Waals surface area contributed by atoms with Gasteiger partial charge in [0.15, 0.2) is 23.1 Å². The zero-order valence-electron chi connectivity index (χ0n) is 59.5. The molecule has 8 atom stereocenters. The van der Waals surface area contributed by atoms with Crippen LogP contribution >= 0.6 is 0 Å². The van der Waals surface area contributed by atoms with Crippen molar-refractivity contribution in [2.24, 2.45) is 35.5 Å². The summed E-state index contributed by atoms with van der Waals surface area (Å²) in [6, 6.07) is -2.89. The highest BCUT2D eigenvalue weighted by atomic mass is 16.5. The summed E-state index contributed by atoms with van der Waals surface area (Å²) in [6.45, 7) is 12.7. The summed E-state index contributed by atoms with van der Waals surface area (Å²) in [5, 5.41) is 10.5. The number of hydrogen-bond acceptors (Lipinski definition) is 24. The van der Waals surface area contributed by atoms with E-state index in [4.69, 9.17) is 28.4 Å². The fraction of sp³-hybridized carbons (Fsp3) is 0.743. The molecule has 8 unspecified atom stereocenters. The molecular weight excluding hydrogens is 1280 g/mol. The lowest BCUT2D eigenvalue weighted by Gasteiger charge is -2.24. The summed E-state index contributed by atoms with van der Waals surface area (Å²) in [5.74, 6) is -14.8. The van der Waals surface area contributed by atoms with E-state index in [1.165, 1.54) is 62.5 Å². The van der Waals surface area contributed by atoms with Gasteiger partial charge in [-0.3, -0.25) is 67.1 Å². The Bertz CT molecular complexity index is 2650. The zero-order chi connectivity index (χ0) is 74.1. The second kappa shape index (κ2) is 53.9. The second-order valence-electron chi connectivity index (χ2n) is 25.0. The summed E-state index contributed by atoms with van der Waals surface area (Å²) in [4.78, 5) is 234. The summed E-state index contributed by atoms with van der Waals surface area (Å²) >= 11 is 0. The Morgan fingerprint density at radius 1 is 0.316 bits per heavy atom. The van der Waals surface area contributed by atoms with Crippen molar-refractivity contribution in [3.63, 3.8) is 0 Å². The van der Waals surface area contributed by atoms with Crippen molar-refractivity contribution < 1.29 is 115 Å². The molecule has 28 heteroatoms. The summed E-state index contributed by atoms with van der Waals surface area (Å²) in [5.41, 5.74) is 0. The Hall–Kier alpha value is -6.98. The fourth-order valence-corrected chi connectivity index (χ4v) is 10.2. The lowest BCUT2D eigenvalue weighted by molar-refractivity contribution is -0.138. The molecule has 28 nitrogen and oxygen atoms in total. The van der Waals surface area contributed by atoms with Gasteiger partial charge in [0, 0.05) is 140 Å². The third-order valence-corrected chi connectivity index (χ3v) is 16.3. The van der Waals surface area contributed by atoms with E-state index in [1.54, 1.807) is 6.92 Å². The number of amides is 4. The van der Waals surface area contributed by atoms with Crippen molar-refractivity contribution in [1.29, 1.82) is 0 Å². The number of carbonyl (C=O) groups excluding carboxylic acids is 18. The Kier molecular flexibility index (Phi) is 50.1. The number of Topliss-reactive ketones (excluding diaryl/α,β-unsaturated/α-hetero) is 14. The number of rotatable bonds is 65. The van der Waals surface area contributed by atoms with E-state index in [1.807, 2.05) is 0 Å². The summed E-state index contributed by atoms with van der Waals surface area (Å²) in [6.07, 6.45) is -4.36. The van der Waals surface area contributed by atoms with E-state index in [9.17, 15) is 86.3 Å². The molecule has 0 bridgehead atoms. The van der Waals surface area contributed by atoms with E-state index in [0.29, 0.717) is 19.8 Å². The van der Waals surface area contributed by atoms with Gasteiger partial charge in [0.05, 0.1) is 70.9 Å². The van der Waals surface area contributed by atoms with E-state index in [2.05, 4.69) is 21.3 Å². The van der Waals surface area contributed by atoms with Crippen LogP contribution in [-0.4, -0.2) is 210 Å². The van der Waals surface area contributed by atoms with Crippen LogP contribution in [0.5, 0.6) is 0 Å². The summed E-state index contributed by atoms with van der Waals surface area (Å²) < 4.78 is 32.0. The number of ketones is 14. The highest BCUT2D eigenvalue weighted by Crippen LogP contribution is 2.23. The molecule has 0 aromatic rings. The normalized spacial score (nSPS) is 13.6. The molecule has 0 aliphatic rings. The molecule has 4 N–H and O–H groups in total. The van der Waals surface area contributed by atoms with Crippen LogP contribution < -0.4 is 21.3 Å². The second-order valence-corrected chi connectivity index (χ2v) is 25.0. The van der Waals surface area contributed by atoms with Crippen molar-refractivity contribution in [2.75, 3.05) is 92.9 Å². The Morgan fingerprint density at radius 3 is 1.13 bits per heavy atom. The highest BCUT2D eigenvalue weighted by molar-refractivity contribution is 6.02. The monoisotopic (exact) mass is 1390 g/mol. The quantitative estimate of drug-likeness (QED) is 0.0494. The highest BCUT2D eigenvalue weighted by Gasteiger charge is 2.34. The van der Waals surface area contributed by atoms with Gasteiger partial charge >= 0.3 is 0 Å². The van der Waals surface area contributed by atoms with Crippen LogP contribution in [0.2, 0.25) is 0 Å². The molecule has 0 saturated heterocycles. The molecule has 0 radical (unpaired) electrons. The maximum Gasteiger partial charge on any atom is 0.230 e. The van der Waals surface area contributed by atoms with Crippen LogP contribution in [0.3, 0.4) is 0 Å². The van der Waals surface area contributed by atoms with Crippen molar-refractivity contribution in [1.82, 2.24) is 21.3 Å². The number of hydrogen-bond donors (Lipinski definition) is 4. The SMILES string of the molecule is CCOCCOCC(=O)C(CCC(=O)NCCOCCOCC(=O)CC(CCC(=O)NC(CCC(=O)CC(CCC(C)=O)C(C)=O)C(=O)CC(CCC(C)=O)C(C)=O)C(=O)NC(CCC(=O)CC(CCC(C)=O)C(C)=O)C(=O)CC(CCC(C)=O)C(C)=O)C(=O)NCCOCCOC. The minimum absolute atomic E-state index is 0.000642. The lowest BCUT2D eigenvalue weighted by atomic mass is 9.87. The van der Waals surface area contributed by atoms with Crippen LogP contribution in [0.15, 0.2) is 0 Å². The predicted molar refractivity (Wildman–Crippen MR) is 355 cm³/mol. The average Bonchev–Trinajstić information content (AvgIpc) is 0.908. The van der Waals surface area contributed by atoms with Gasteiger partial charge in [0.2, 0.25) is 23.6 Å². The maximum absolute atomic E-state index is 14.6. The number of methoxy groups -OCH3 is 1. The Balaban J connectivity index is 6.73. The minimum Gasteiger partial charge on any atom is -0.382 e. The number of nitrogens with one attached hydrogen (secondary N) is 4. The number of carbonyl (C=O) groups is 18. The van der Waals surface area contributed by atoms with Crippen LogP contribution in [0.25, 0.3) is 0 Å². The molecule has 554 valence electrons. The van der Waals surface area contributed by atoms with Crippen LogP contribution in [0.1, 0.15) is 197 Å². The molecule has 0 aromatic carbocycles. The third kappa shape index (κ3) is 45.6. The smallest absolute Gasteiger partial charge is 0.230 e. The maximum atomic E-state index is 14.6. The lowest BCUT2D eigenvalue weighted by Crippen LogP contribution is -2.46. The van der Waals surface area contributed by atoms with Gasteiger partial charge in [-0.2, -0.15) is 0 Å². The Morgan fingerprint density at radius 2 is 0.694 bits per heavy atom. The molecule has 0 aliphatic carbocycles.